The van der Waals surface area contributed by atoms with E-state index in [-0.39, 0.29) is 23.7 Å². The van der Waals surface area contributed by atoms with Gasteiger partial charge < -0.3 is 4.90 Å². The molecule has 1 aliphatic rings. The van der Waals surface area contributed by atoms with Crippen LogP contribution in [0, 0.1) is 11.7 Å². The maximum Gasteiger partial charge on any atom is 0.253 e. The highest BCUT2D eigenvalue weighted by Crippen LogP contribution is 2.26. The molecule has 1 aromatic carbocycles. The van der Waals surface area contributed by atoms with Crippen LogP contribution in [0.4, 0.5) is 4.39 Å². The van der Waals surface area contributed by atoms with E-state index in [4.69, 9.17) is 0 Å². The molecule has 0 aliphatic carbocycles. The van der Waals surface area contributed by atoms with Crippen LogP contribution in [-0.2, 0) is 0 Å². The molecule has 144 valence electrons. The van der Waals surface area contributed by atoms with Gasteiger partial charge >= 0.3 is 0 Å². The van der Waals surface area contributed by atoms with Gasteiger partial charge in [0, 0.05) is 37.8 Å². The predicted octanol–water partition coefficient (Wildman–Crippen LogP) is 1.34. The number of pyridine rings is 1. The lowest BCUT2D eigenvalue weighted by atomic mass is 9.94. The summed E-state index contributed by atoms with van der Waals surface area (Å²) < 4.78 is 14.9. The molecule has 4 rings (SSSR count). The smallest absolute Gasteiger partial charge is 0.253 e. The van der Waals surface area contributed by atoms with Crippen LogP contribution < -0.4 is 10.9 Å². The summed E-state index contributed by atoms with van der Waals surface area (Å²) in [6.45, 7) is 1.26. The minimum absolute atomic E-state index is 0.000809. The molecular formula is C19H20FN7O. The molecule has 3 heterocycles. The summed E-state index contributed by atoms with van der Waals surface area (Å²) >= 11 is 0. The quantitative estimate of drug-likeness (QED) is 0.694. The Morgan fingerprint density at radius 3 is 2.75 bits per heavy atom. The van der Waals surface area contributed by atoms with E-state index in [1.165, 1.54) is 24.8 Å². The van der Waals surface area contributed by atoms with E-state index in [1.807, 2.05) is 0 Å². The third-order valence-electron chi connectivity index (χ3n) is 4.85. The molecule has 2 N–H and O–H groups in total. The molecule has 1 aliphatic heterocycles. The molecular weight excluding hydrogens is 361 g/mol. The van der Waals surface area contributed by atoms with Crippen LogP contribution in [0.2, 0.25) is 0 Å². The van der Waals surface area contributed by atoms with Crippen LogP contribution in [0.15, 0.2) is 55.2 Å². The SMILES string of the molecule is CN(CC1CNNC1c1ccc(F)cc1)C(=O)c1ccnc(-n2cnnc2)c1. The van der Waals surface area contributed by atoms with Gasteiger partial charge in [-0.25, -0.2) is 14.8 Å². The summed E-state index contributed by atoms with van der Waals surface area (Å²) in [6, 6.07) is 9.84. The molecule has 0 bridgehead atoms. The number of carbonyl (C=O) groups is 1. The second-order valence-electron chi connectivity index (χ2n) is 6.77. The van der Waals surface area contributed by atoms with Gasteiger partial charge in [0.05, 0.1) is 6.04 Å². The molecule has 1 fully saturated rings. The van der Waals surface area contributed by atoms with Gasteiger partial charge in [-0.3, -0.25) is 14.8 Å². The number of halogens is 1. The average molecular weight is 381 g/mol. The molecule has 0 spiro atoms. The Balaban J connectivity index is 1.47. The Bertz CT molecular complexity index is 945. The number of benzene rings is 1. The Morgan fingerprint density at radius 1 is 1.25 bits per heavy atom. The molecule has 1 amide bonds. The summed E-state index contributed by atoms with van der Waals surface area (Å²) in [5.74, 6) is 0.373. The molecule has 2 unspecified atom stereocenters. The zero-order valence-electron chi connectivity index (χ0n) is 15.3. The first-order valence-corrected chi connectivity index (χ1v) is 8.92. The van der Waals surface area contributed by atoms with Crippen molar-refractivity contribution in [2.45, 2.75) is 6.04 Å². The van der Waals surface area contributed by atoms with E-state index >= 15 is 0 Å². The highest BCUT2D eigenvalue weighted by atomic mass is 19.1. The first kappa shape index (κ1) is 18.2. The van der Waals surface area contributed by atoms with E-state index in [0.717, 1.165) is 5.56 Å². The number of hydrogen-bond acceptors (Lipinski definition) is 6. The van der Waals surface area contributed by atoms with Gasteiger partial charge in [0.15, 0.2) is 0 Å². The number of hydrazine groups is 1. The zero-order valence-corrected chi connectivity index (χ0v) is 15.3. The van der Waals surface area contributed by atoms with E-state index in [1.54, 1.807) is 47.0 Å². The minimum atomic E-state index is -0.264. The van der Waals surface area contributed by atoms with E-state index < -0.39 is 0 Å². The summed E-state index contributed by atoms with van der Waals surface area (Å²) in [4.78, 5) is 18.9. The number of amides is 1. The lowest BCUT2D eigenvalue weighted by Crippen LogP contribution is -2.34. The maximum atomic E-state index is 13.2. The highest BCUT2D eigenvalue weighted by Gasteiger charge is 2.30. The van der Waals surface area contributed by atoms with Crippen LogP contribution in [0.1, 0.15) is 22.0 Å². The number of aromatic nitrogens is 4. The van der Waals surface area contributed by atoms with Crippen LogP contribution in [0.5, 0.6) is 0 Å². The molecule has 2 atom stereocenters. The normalized spacial score (nSPS) is 18.9. The third kappa shape index (κ3) is 3.75. The van der Waals surface area contributed by atoms with Crippen molar-refractivity contribution < 1.29 is 9.18 Å². The fraction of sp³-hybridized carbons (Fsp3) is 0.263. The monoisotopic (exact) mass is 381 g/mol. The highest BCUT2D eigenvalue weighted by molar-refractivity contribution is 5.94. The van der Waals surface area contributed by atoms with Crippen LogP contribution in [-0.4, -0.2) is 50.7 Å². The number of hydrogen-bond donors (Lipinski definition) is 2. The van der Waals surface area contributed by atoms with Crippen molar-refractivity contribution in [1.82, 2.24) is 35.5 Å². The van der Waals surface area contributed by atoms with Crippen molar-refractivity contribution >= 4 is 5.91 Å². The molecule has 0 saturated carbocycles. The van der Waals surface area contributed by atoms with E-state index in [2.05, 4.69) is 26.0 Å². The lowest BCUT2D eigenvalue weighted by molar-refractivity contribution is 0.0771. The van der Waals surface area contributed by atoms with E-state index in [0.29, 0.717) is 24.5 Å². The second kappa shape index (κ2) is 7.83. The molecule has 9 heteroatoms. The van der Waals surface area contributed by atoms with Crippen molar-refractivity contribution in [1.29, 1.82) is 0 Å². The third-order valence-corrected chi connectivity index (χ3v) is 4.85. The molecule has 0 radical (unpaired) electrons. The lowest BCUT2D eigenvalue weighted by Gasteiger charge is -2.25. The van der Waals surface area contributed by atoms with Gasteiger partial charge in [-0.15, -0.1) is 10.2 Å². The Hall–Kier alpha value is -3.17. The first-order chi connectivity index (χ1) is 13.6. The average Bonchev–Trinajstić information content (AvgIpc) is 3.40. The molecule has 2 aromatic heterocycles. The number of nitrogens with one attached hydrogen (secondary N) is 2. The van der Waals surface area contributed by atoms with Gasteiger partial charge in [-0.05, 0) is 29.8 Å². The van der Waals surface area contributed by atoms with Gasteiger partial charge in [-0.1, -0.05) is 12.1 Å². The number of carbonyl (C=O) groups excluding carboxylic acids is 1. The number of rotatable bonds is 5. The summed E-state index contributed by atoms with van der Waals surface area (Å²) in [5, 5.41) is 7.52. The topological polar surface area (TPSA) is 88.0 Å². The van der Waals surface area contributed by atoms with Gasteiger partial charge in [0.1, 0.15) is 24.3 Å². The van der Waals surface area contributed by atoms with Crippen molar-refractivity contribution in [3.8, 4) is 5.82 Å². The van der Waals surface area contributed by atoms with E-state index in [9.17, 15) is 9.18 Å². The summed E-state index contributed by atoms with van der Waals surface area (Å²) in [7, 11) is 1.78. The molecule has 28 heavy (non-hydrogen) atoms. The number of nitrogens with zero attached hydrogens (tertiary/aromatic N) is 5. The van der Waals surface area contributed by atoms with Crippen molar-refractivity contribution in [3.63, 3.8) is 0 Å². The zero-order chi connectivity index (χ0) is 19.5. The van der Waals surface area contributed by atoms with Crippen LogP contribution in [0.25, 0.3) is 5.82 Å². The summed E-state index contributed by atoms with van der Waals surface area (Å²) in [5.41, 5.74) is 7.88. The molecule has 1 saturated heterocycles. The predicted molar refractivity (Wildman–Crippen MR) is 99.9 cm³/mol. The molecule has 3 aromatic rings. The van der Waals surface area contributed by atoms with Crippen molar-refractivity contribution in [2.75, 3.05) is 20.1 Å². The second-order valence-corrected chi connectivity index (χ2v) is 6.77. The Morgan fingerprint density at radius 2 is 2.00 bits per heavy atom. The Kier molecular flexibility index (Phi) is 5.09. The van der Waals surface area contributed by atoms with Gasteiger partial charge in [-0.2, -0.15) is 0 Å². The first-order valence-electron chi connectivity index (χ1n) is 8.92. The van der Waals surface area contributed by atoms with Gasteiger partial charge in [0.2, 0.25) is 0 Å². The maximum absolute atomic E-state index is 13.2. The van der Waals surface area contributed by atoms with Crippen LogP contribution >= 0.6 is 0 Å². The largest absolute Gasteiger partial charge is 0.341 e. The fourth-order valence-electron chi connectivity index (χ4n) is 3.40. The molecule has 8 nitrogen and oxygen atoms in total. The fourth-order valence-corrected chi connectivity index (χ4v) is 3.40. The summed E-state index contributed by atoms with van der Waals surface area (Å²) in [6.07, 6.45) is 4.66. The standard InChI is InChI=1S/C19H20FN7O/c1-26(10-15-9-22-25-18(15)13-2-4-16(20)5-3-13)19(28)14-6-7-21-17(8-14)27-11-23-24-12-27/h2-8,11-12,15,18,22,25H,9-10H2,1H3. The van der Waals surface area contributed by atoms with Crippen molar-refractivity contribution in [3.05, 3.63) is 72.2 Å². The van der Waals surface area contributed by atoms with Gasteiger partial charge in [0.25, 0.3) is 5.91 Å². The van der Waals surface area contributed by atoms with Crippen molar-refractivity contribution in [2.24, 2.45) is 5.92 Å². The van der Waals surface area contributed by atoms with Crippen LogP contribution in [0.3, 0.4) is 0 Å². The minimum Gasteiger partial charge on any atom is -0.341 e. The Labute approximate surface area is 161 Å².